The Bertz CT molecular complexity index is 352. The zero-order valence-electron chi connectivity index (χ0n) is 10.8. The lowest BCUT2D eigenvalue weighted by molar-refractivity contribution is 0.505. The molecule has 1 aliphatic carbocycles. The van der Waals surface area contributed by atoms with E-state index in [9.17, 15) is 0 Å². The fourth-order valence-corrected chi connectivity index (χ4v) is 2.39. The van der Waals surface area contributed by atoms with Crippen LogP contribution >= 0.6 is 11.6 Å². The first-order valence-corrected chi connectivity index (χ1v) is 7.04. The maximum Gasteiger partial charge on any atom is 0.0292 e. The Morgan fingerprint density at radius 1 is 1.24 bits per heavy atom. The Morgan fingerprint density at radius 2 is 1.88 bits per heavy atom. The monoisotopic (exact) mass is 251 g/mol. The van der Waals surface area contributed by atoms with Crippen LogP contribution in [-0.2, 0) is 6.54 Å². The SMILES string of the molecule is CC(C)c1ccc(CNCC2(CCl)CC2)cc1. The zero-order chi connectivity index (χ0) is 12.3. The van der Waals surface area contributed by atoms with E-state index in [-0.39, 0.29) is 0 Å². The van der Waals surface area contributed by atoms with E-state index in [0.717, 1.165) is 19.0 Å². The molecule has 1 fully saturated rings. The van der Waals surface area contributed by atoms with Crippen LogP contribution < -0.4 is 5.32 Å². The van der Waals surface area contributed by atoms with Crippen molar-refractivity contribution in [3.05, 3.63) is 35.4 Å². The summed E-state index contributed by atoms with van der Waals surface area (Å²) in [5.74, 6) is 1.41. The summed E-state index contributed by atoms with van der Waals surface area (Å²) < 4.78 is 0. The fourth-order valence-electron chi connectivity index (χ4n) is 2.03. The van der Waals surface area contributed by atoms with Gasteiger partial charge in [-0.15, -0.1) is 11.6 Å². The van der Waals surface area contributed by atoms with Gasteiger partial charge in [-0.3, -0.25) is 0 Å². The van der Waals surface area contributed by atoms with Gasteiger partial charge in [-0.25, -0.2) is 0 Å². The molecule has 0 saturated heterocycles. The summed E-state index contributed by atoms with van der Waals surface area (Å²) in [6, 6.07) is 8.91. The molecule has 0 unspecified atom stereocenters. The van der Waals surface area contributed by atoms with Gasteiger partial charge in [0.2, 0.25) is 0 Å². The van der Waals surface area contributed by atoms with Crippen molar-refractivity contribution in [1.82, 2.24) is 5.32 Å². The molecule has 0 atom stereocenters. The zero-order valence-corrected chi connectivity index (χ0v) is 11.6. The maximum atomic E-state index is 5.95. The molecule has 0 bridgehead atoms. The minimum absolute atomic E-state index is 0.416. The van der Waals surface area contributed by atoms with Crippen LogP contribution in [0.1, 0.15) is 43.7 Å². The minimum atomic E-state index is 0.416. The van der Waals surface area contributed by atoms with Crippen LogP contribution in [0.15, 0.2) is 24.3 Å². The Hall–Kier alpha value is -0.530. The van der Waals surface area contributed by atoms with Crippen molar-refractivity contribution >= 4 is 11.6 Å². The van der Waals surface area contributed by atoms with Crippen molar-refractivity contribution in [2.24, 2.45) is 5.41 Å². The number of halogens is 1. The highest BCUT2D eigenvalue weighted by Gasteiger charge is 2.40. The topological polar surface area (TPSA) is 12.0 Å². The van der Waals surface area contributed by atoms with Gasteiger partial charge in [0.05, 0.1) is 0 Å². The number of nitrogens with one attached hydrogen (secondary N) is 1. The summed E-state index contributed by atoms with van der Waals surface area (Å²) in [6.07, 6.45) is 2.57. The van der Waals surface area contributed by atoms with E-state index in [2.05, 4.69) is 43.4 Å². The molecular formula is C15H22ClN. The summed E-state index contributed by atoms with van der Waals surface area (Å²) in [7, 11) is 0. The van der Waals surface area contributed by atoms with Gasteiger partial charge in [0.15, 0.2) is 0 Å². The van der Waals surface area contributed by atoms with Crippen molar-refractivity contribution in [1.29, 1.82) is 0 Å². The van der Waals surface area contributed by atoms with Crippen molar-refractivity contribution in [2.75, 3.05) is 12.4 Å². The van der Waals surface area contributed by atoms with Crippen molar-refractivity contribution in [3.63, 3.8) is 0 Å². The lowest BCUT2D eigenvalue weighted by Gasteiger charge is -2.13. The normalized spacial score (nSPS) is 17.4. The Morgan fingerprint density at radius 3 is 2.35 bits per heavy atom. The molecule has 1 nitrogen and oxygen atoms in total. The third-order valence-corrected chi connectivity index (χ3v) is 4.28. The van der Waals surface area contributed by atoms with Crippen LogP contribution in [0, 0.1) is 5.41 Å². The van der Waals surface area contributed by atoms with Crippen LogP contribution in [0.4, 0.5) is 0 Å². The van der Waals surface area contributed by atoms with Crippen LogP contribution in [0.2, 0.25) is 0 Å². The summed E-state index contributed by atoms with van der Waals surface area (Å²) in [4.78, 5) is 0. The maximum absolute atomic E-state index is 5.95. The van der Waals surface area contributed by atoms with E-state index in [0.29, 0.717) is 11.3 Å². The molecule has 17 heavy (non-hydrogen) atoms. The molecular weight excluding hydrogens is 230 g/mol. The molecule has 0 amide bonds. The number of hydrogen-bond donors (Lipinski definition) is 1. The predicted molar refractivity (Wildman–Crippen MR) is 74.6 cm³/mol. The van der Waals surface area contributed by atoms with E-state index in [1.54, 1.807) is 0 Å². The number of benzene rings is 1. The lowest BCUT2D eigenvalue weighted by Crippen LogP contribution is -2.24. The predicted octanol–water partition coefficient (Wildman–Crippen LogP) is 3.92. The van der Waals surface area contributed by atoms with Crippen LogP contribution in [-0.4, -0.2) is 12.4 Å². The highest BCUT2D eigenvalue weighted by Crippen LogP contribution is 2.45. The molecule has 0 radical (unpaired) electrons. The van der Waals surface area contributed by atoms with Crippen molar-refractivity contribution in [2.45, 2.75) is 39.2 Å². The summed E-state index contributed by atoms with van der Waals surface area (Å²) in [5.41, 5.74) is 3.19. The standard InChI is InChI=1S/C15H22ClN/c1-12(2)14-5-3-13(4-6-14)9-17-11-15(10-16)7-8-15/h3-6,12,17H,7-11H2,1-2H3. The first-order chi connectivity index (χ1) is 8.15. The summed E-state index contributed by atoms with van der Waals surface area (Å²) in [5, 5.41) is 3.52. The van der Waals surface area contributed by atoms with Crippen molar-refractivity contribution < 1.29 is 0 Å². The van der Waals surface area contributed by atoms with E-state index in [4.69, 9.17) is 11.6 Å². The van der Waals surface area contributed by atoms with Gasteiger partial charge >= 0.3 is 0 Å². The van der Waals surface area contributed by atoms with Gasteiger partial charge < -0.3 is 5.32 Å². The first-order valence-electron chi connectivity index (χ1n) is 6.51. The quantitative estimate of drug-likeness (QED) is 0.756. The smallest absolute Gasteiger partial charge is 0.0292 e. The van der Waals surface area contributed by atoms with E-state index in [1.807, 2.05) is 0 Å². The summed E-state index contributed by atoms with van der Waals surface area (Å²) >= 11 is 5.95. The van der Waals surface area contributed by atoms with Crippen LogP contribution in [0.3, 0.4) is 0 Å². The second kappa shape index (κ2) is 5.41. The van der Waals surface area contributed by atoms with E-state index < -0.39 is 0 Å². The average molecular weight is 252 g/mol. The molecule has 0 heterocycles. The molecule has 94 valence electrons. The van der Waals surface area contributed by atoms with Gasteiger partial charge in [0.1, 0.15) is 0 Å². The third-order valence-electron chi connectivity index (χ3n) is 3.72. The minimum Gasteiger partial charge on any atom is -0.312 e. The van der Waals surface area contributed by atoms with Gasteiger partial charge in [-0.05, 0) is 35.3 Å². The van der Waals surface area contributed by atoms with Gasteiger partial charge in [0.25, 0.3) is 0 Å². The molecule has 2 rings (SSSR count). The Balaban J connectivity index is 1.79. The summed E-state index contributed by atoms with van der Waals surface area (Å²) in [6.45, 7) is 6.47. The molecule has 1 aliphatic rings. The number of alkyl halides is 1. The fraction of sp³-hybridized carbons (Fsp3) is 0.600. The van der Waals surface area contributed by atoms with Crippen LogP contribution in [0.25, 0.3) is 0 Å². The average Bonchev–Trinajstić information content (AvgIpc) is 3.10. The highest BCUT2D eigenvalue weighted by atomic mass is 35.5. The van der Waals surface area contributed by atoms with E-state index >= 15 is 0 Å². The molecule has 2 heteroatoms. The van der Waals surface area contributed by atoms with Gasteiger partial charge in [-0.1, -0.05) is 38.1 Å². The molecule has 1 aromatic carbocycles. The first kappa shape index (κ1) is 12.9. The molecule has 1 aromatic rings. The Kier molecular flexibility index (Phi) is 4.11. The second-order valence-corrected chi connectivity index (χ2v) is 5.90. The molecule has 0 aliphatic heterocycles. The number of rotatable bonds is 6. The molecule has 0 spiro atoms. The highest BCUT2D eigenvalue weighted by molar-refractivity contribution is 6.18. The molecule has 0 aromatic heterocycles. The van der Waals surface area contributed by atoms with Crippen molar-refractivity contribution in [3.8, 4) is 0 Å². The lowest BCUT2D eigenvalue weighted by atomic mass is 10.0. The third kappa shape index (κ3) is 3.46. The Labute approximate surface area is 110 Å². The van der Waals surface area contributed by atoms with E-state index in [1.165, 1.54) is 24.0 Å². The van der Waals surface area contributed by atoms with Gasteiger partial charge in [0, 0.05) is 19.0 Å². The van der Waals surface area contributed by atoms with Gasteiger partial charge in [-0.2, -0.15) is 0 Å². The molecule has 1 saturated carbocycles. The largest absolute Gasteiger partial charge is 0.312 e. The molecule has 1 N–H and O–H groups in total. The number of hydrogen-bond acceptors (Lipinski definition) is 1. The van der Waals surface area contributed by atoms with Crippen LogP contribution in [0.5, 0.6) is 0 Å². The second-order valence-electron chi connectivity index (χ2n) is 5.63.